The Balaban J connectivity index is 2.31. The molecule has 2 aromatic rings. The van der Waals surface area contributed by atoms with Crippen molar-refractivity contribution in [1.82, 2.24) is 15.1 Å². The molecule has 0 radical (unpaired) electrons. The number of nitrogens with one attached hydrogen (secondary N) is 1. The lowest BCUT2D eigenvalue weighted by atomic mass is 10.1. The van der Waals surface area contributed by atoms with Gasteiger partial charge in [0.05, 0.1) is 12.2 Å². The number of hydrogen-bond acceptors (Lipinski definition) is 2. The third kappa shape index (κ3) is 2.31. The molecule has 3 heteroatoms. The van der Waals surface area contributed by atoms with Gasteiger partial charge in [-0.05, 0) is 25.1 Å². The average molecular weight is 215 g/mol. The summed E-state index contributed by atoms with van der Waals surface area (Å²) in [7, 11) is 1.96. The molecule has 16 heavy (non-hydrogen) atoms. The fraction of sp³-hybridized carbons (Fsp3) is 0.308. The molecule has 0 bridgehead atoms. The summed E-state index contributed by atoms with van der Waals surface area (Å²) in [5.41, 5.74) is 2.47. The second-order valence-corrected chi connectivity index (χ2v) is 3.98. The van der Waals surface area contributed by atoms with Crippen molar-refractivity contribution >= 4 is 0 Å². The predicted octanol–water partition coefficient (Wildman–Crippen LogP) is 2.00. The molecule has 84 valence electrons. The molecule has 0 saturated carbocycles. The molecule has 3 nitrogen and oxygen atoms in total. The van der Waals surface area contributed by atoms with E-state index in [2.05, 4.69) is 47.8 Å². The van der Waals surface area contributed by atoms with Gasteiger partial charge in [0.25, 0.3) is 0 Å². The Labute approximate surface area is 96.1 Å². The van der Waals surface area contributed by atoms with Crippen molar-refractivity contribution in [2.45, 2.75) is 13.0 Å². The highest BCUT2D eigenvalue weighted by Gasteiger charge is 2.12. The smallest absolute Gasteiger partial charge is 0.0892 e. The van der Waals surface area contributed by atoms with Crippen molar-refractivity contribution in [3.8, 4) is 0 Å². The maximum absolute atomic E-state index is 4.39. The van der Waals surface area contributed by atoms with Crippen LogP contribution in [0.25, 0.3) is 0 Å². The van der Waals surface area contributed by atoms with Gasteiger partial charge in [-0.15, -0.1) is 0 Å². The Hall–Kier alpha value is -1.61. The molecule has 1 N–H and O–H groups in total. The lowest BCUT2D eigenvalue weighted by molar-refractivity contribution is 0.499. The van der Waals surface area contributed by atoms with Crippen molar-refractivity contribution in [2.75, 3.05) is 13.6 Å². The molecule has 0 fully saturated rings. The SMILES string of the molecule is CNCC(c1ccccc1)n1cc(C)cn1. The van der Waals surface area contributed by atoms with E-state index in [1.807, 2.05) is 24.0 Å². The number of aromatic nitrogens is 2. The van der Waals surface area contributed by atoms with E-state index in [0.717, 1.165) is 6.54 Å². The van der Waals surface area contributed by atoms with Crippen LogP contribution in [0, 0.1) is 6.92 Å². The highest BCUT2D eigenvalue weighted by molar-refractivity contribution is 5.20. The van der Waals surface area contributed by atoms with Gasteiger partial charge < -0.3 is 5.32 Å². The standard InChI is InChI=1S/C13H17N3/c1-11-8-15-16(10-11)13(9-14-2)12-6-4-3-5-7-12/h3-8,10,13-14H,9H2,1-2H3. The largest absolute Gasteiger partial charge is 0.317 e. The molecular weight excluding hydrogens is 198 g/mol. The Kier molecular flexibility index (Phi) is 3.37. The Morgan fingerprint density at radius 1 is 1.31 bits per heavy atom. The van der Waals surface area contributed by atoms with E-state index in [1.54, 1.807) is 0 Å². The summed E-state index contributed by atoms with van der Waals surface area (Å²) >= 11 is 0. The van der Waals surface area contributed by atoms with Crippen LogP contribution in [0.15, 0.2) is 42.7 Å². The molecule has 0 aliphatic heterocycles. The zero-order valence-electron chi connectivity index (χ0n) is 9.72. The maximum atomic E-state index is 4.39. The van der Waals surface area contributed by atoms with E-state index < -0.39 is 0 Å². The summed E-state index contributed by atoms with van der Waals surface area (Å²) in [6.45, 7) is 2.94. The van der Waals surface area contributed by atoms with Gasteiger partial charge in [-0.25, -0.2) is 0 Å². The van der Waals surface area contributed by atoms with Crippen LogP contribution in [-0.4, -0.2) is 23.4 Å². The Morgan fingerprint density at radius 2 is 2.06 bits per heavy atom. The van der Waals surface area contributed by atoms with Crippen LogP contribution in [0.3, 0.4) is 0 Å². The first-order chi connectivity index (χ1) is 7.81. The molecule has 2 rings (SSSR count). The Bertz CT molecular complexity index is 433. The first-order valence-electron chi connectivity index (χ1n) is 5.51. The highest BCUT2D eigenvalue weighted by atomic mass is 15.3. The minimum absolute atomic E-state index is 0.264. The monoisotopic (exact) mass is 215 g/mol. The van der Waals surface area contributed by atoms with Crippen molar-refractivity contribution in [3.05, 3.63) is 53.9 Å². The zero-order chi connectivity index (χ0) is 11.4. The van der Waals surface area contributed by atoms with Crippen molar-refractivity contribution in [2.24, 2.45) is 0 Å². The van der Waals surface area contributed by atoms with Crippen LogP contribution in [0.1, 0.15) is 17.2 Å². The Morgan fingerprint density at radius 3 is 2.62 bits per heavy atom. The number of nitrogens with zero attached hydrogens (tertiary/aromatic N) is 2. The van der Waals surface area contributed by atoms with E-state index in [9.17, 15) is 0 Å². The first-order valence-corrected chi connectivity index (χ1v) is 5.51. The molecule has 0 spiro atoms. The number of aryl methyl sites for hydroxylation is 1. The van der Waals surface area contributed by atoms with Gasteiger partial charge in [0.1, 0.15) is 0 Å². The quantitative estimate of drug-likeness (QED) is 0.845. The van der Waals surface area contributed by atoms with Crippen molar-refractivity contribution in [3.63, 3.8) is 0 Å². The van der Waals surface area contributed by atoms with E-state index >= 15 is 0 Å². The lowest BCUT2D eigenvalue weighted by Gasteiger charge is -2.17. The van der Waals surface area contributed by atoms with E-state index in [4.69, 9.17) is 0 Å². The fourth-order valence-corrected chi connectivity index (χ4v) is 1.84. The molecule has 1 atom stereocenters. The first kappa shape index (κ1) is 10.9. The molecule has 0 aliphatic carbocycles. The molecule has 1 unspecified atom stereocenters. The number of hydrogen-bond donors (Lipinski definition) is 1. The van der Waals surface area contributed by atoms with Crippen LogP contribution in [-0.2, 0) is 0 Å². The highest BCUT2D eigenvalue weighted by Crippen LogP contribution is 2.16. The van der Waals surface area contributed by atoms with Crippen molar-refractivity contribution < 1.29 is 0 Å². The third-order valence-corrected chi connectivity index (χ3v) is 2.63. The summed E-state index contributed by atoms with van der Waals surface area (Å²) in [4.78, 5) is 0. The molecule has 0 amide bonds. The molecular formula is C13H17N3. The normalized spacial score (nSPS) is 12.6. The molecule has 1 aromatic carbocycles. The third-order valence-electron chi connectivity index (χ3n) is 2.63. The topological polar surface area (TPSA) is 29.9 Å². The van der Waals surface area contributed by atoms with Gasteiger partial charge in [-0.1, -0.05) is 30.3 Å². The van der Waals surface area contributed by atoms with Crippen LogP contribution in [0.5, 0.6) is 0 Å². The number of likely N-dealkylation sites (N-methyl/N-ethyl adjacent to an activating group) is 1. The second kappa shape index (κ2) is 4.94. The van der Waals surface area contributed by atoms with Crippen molar-refractivity contribution in [1.29, 1.82) is 0 Å². The molecule has 0 saturated heterocycles. The summed E-state index contributed by atoms with van der Waals surface area (Å²) in [6.07, 6.45) is 3.97. The van der Waals surface area contributed by atoms with Gasteiger partial charge in [0, 0.05) is 12.7 Å². The maximum Gasteiger partial charge on any atom is 0.0892 e. The number of benzene rings is 1. The van der Waals surface area contributed by atoms with Gasteiger partial charge in [0.15, 0.2) is 0 Å². The van der Waals surface area contributed by atoms with Crippen LogP contribution < -0.4 is 5.32 Å². The van der Waals surface area contributed by atoms with Crippen LogP contribution >= 0.6 is 0 Å². The molecule has 1 aromatic heterocycles. The number of rotatable bonds is 4. The average Bonchev–Trinajstić information content (AvgIpc) is 2.74. The predicted molar refractivity (Wildman–Crippen MR) is 65.5 cm³/mol. The van der Waals surface area contributed by atoms with E-state index in [0.29, 0.717) is 0 Å². The van der Waals surface area contributed by atoms with E-state index in [1.165, 1.54) is 11.1 Å². The van der Waals surface area contributed by atoms with Crippen LogP contribution in [0.4, 0.5) is 0 Å². The molecule has 0 aliphatic rings. The van der Waals surface area contributed by atoms with Gasteiger partial charge in [0.2, 0.25) is 0 Å². The fourth-order valence-electron chi connectivity index (χ4n) is 1.84. The van der Waals surface area contributed by atoms with Gasteiger partial charge in [-0.3, -0.25) is 4.68 Å². The summed E-state index contributed by atoms with van der Waals surface area (Å²) < 4.78 is 2.02. The minimum atomic E-state index is 0.264. The van der Waals surface area contributed by atoms with Gasteiger partial charge in [-0.2, -0.15) is 5.10 Å². The molecule has 1 heterocycles. The zero-order valence-corrected chi connectivity index (χ0v) is 9.72. The summed E-state index contributed by atoms with van der Waals surface area (Å²) in [6, 6.07) is 10.7. The van der Waals surface area contributed by atoms with Gasteiger partial charge >= 0.3 is 0 Å². The lowest BCUT2D eigenvalue weighted by Crippen LogP contribution is -2.23. The summed E-state index contributed by atoms with van der Waals surface area (Å²) in [5.74, 6) is 0. The minimum Gasteiger partial charge on any atom is -0.317 e. The summed E-state index contributed by atoms with van der Waals surface area (Å²) in [5, 5.41) is 7.60. The van der Waals surface area contributed by atoms with E-state index in [-0.39, 0.29) is 6.04 Å². The van der Waals surface area contributed by atoms with Crippen LogP contribution in [0.2, 0.25) is 0 Å². The second-order valence-electron chi connectivity index (χ2n) is 3.98.